The Bertz CT molecular complexity index is 454. The van der Waals surface area contributed by atoms with Gasteiger partial charge in [-0.15, -0.1) is 0 Å². The van der Waals surface area contributed by atoms with E-state index in [2.05, 4.69) is 49.2 Å². The maximum absolute atomic E-state index is 4.54. The van der Waals surface area contributed by atoms with Crippen LogP contribution >= 0.6 is 7.26 Å². The molecule has 0 N–H and O–H groups in total. The van der Waals surface area contributed by atoms with Gasteiger partial charge in [0, 0.05) is 12.8 Å². The van der Waals surface area contributed by atoms with Crippen LogP contribution in [0.1, 0.15) is 0 Å². The molecule has 82 valence electrons. The van der Waals surface area contributed by atoms with E-state index in [1.165, 1.54) is 10.9 Å². The summed E-state index contributed by atoms with van der Waals surface area (Å²) in [6.07, 6.45) is 2.02. The average Bonchev–Trinajstić information content (AvgIpc) is 2.29. The molecule has 1 heterocycles. The van der Waals surface area contributed by atoms with Crippen LogP contribution < -0.4 is 5.30 Å². The first kappa shape index (κ1) is 11.3. The van der Waals surface area contributed by atoms with Gasteiger partial charge in [0.15, 0.2) is 0 Å². The lowest BCUT2D eigenvalue weighted by atomic mass is 10.1. The fraction of sp³-hybridized carbons (Fsp3) is 0.214. The molecule has 1 aromatic carbocycles. The van der Waals surface area contributed by atoms with Gasteiger partial charge in [-0.2, -0.15) is 0 Å². The fourth-order valence-electron chi connectivity index (χ4n) is 1.56. The third-order valence-corrected chi connectivity index (χ3v) is 4.41. The van der Waals surface area contributed by atoms with E-state index in [0.717, 1.165) is 5.69 Å². The van der Waals surface area contributed by atoms with E-state index in [0.29, 0.717) is 0 Å². The second kappa shape index (κ2) is 4.35. The van der Waals surface area contributed by atoms with Crippen LogP contribution in [-0.4, -0.2) is 25.0 Å². The molecule has 0 aliphatic carbocycles. The number of nitrogens with zero attached hydrogens (tertiary/aromatic N) is 1. The number of aromatic nitrogens is 1. The van der Waals surface area contributed by atoms with Crippen molar-refractivity contribution in [3.63, 3.8) is 0 Å². The van der Waals surface area contributed by atoms with Crippen LogP contribution in [0.5, 0.6) is 0 Å². The molecule has 0 saturated carbocycles. The minimum Gasteiger partial charge on any atom is -0.252 e. The van der Waals surface area contributed by atoms with Crippen molar-refractivity contribution in [3.8, 4) is 11.3 Å². The summed E-state index contributed by atoms with van der Waals surface area (Å²) >= 11 is 0. The predicted octanol–water partition coefficient (Wildman–Crippen LogP) is 3.28. The highest BCUT2D eigenvalue weighted by Crippen LogP contribution is 2.44. The van der Waals surface area contributed by atoms with Gasteiger partial charge < -0.3 is 0 Å². The Balaban J connectivity index is 2.34. The van der Waals surface area contributed by atoms with Crippen molar-refractivity contribution in [1.29, 1.82) is 0 Å². The molecule has 0 aliphatic rings. The lowest BCUT2D eigenvalue weighted by Gasteiger charge is -2.11. The van der Waals surface area contributed by atoms with Crippen LogP contribution in [-0.2, 0) is 0 Å². The molecule has 0 radical (unpaired) electrons. The number of hydrogen-bond acceptors (Lipinski definition) is 1. The van der Waals surface area contributed by atoms with E-state index in [-0.39, 0.29) is 0 Å². The van der Waals surface area contributed by atoms with Gasteiger partial charge in [-0.25, -0.2) is 0 Å². The SMILES string of the molecule is C[P+](C)(C)c1ccc(-c2ccccc2)nc1. The fourth-order valence-corrected chi connectivity index (χ4v) is 2.49. The smallest absolute Gasteiger partial charge is 0.111 e. The predicted molar refractivity (Wildman–Crippen MR) is 74.0 cm³/mol. The van der Waals surface area contributed by atoms with E-state index >= 15 is 0 Å². The lowest BCUT2D eigenvalue weighted by molar-refractivity contribution is 1.34. The van der Waals surface area contributed by atoms with Crippen molar-refractivity contribution in [2.45, 2.75) is 0 Å². The van der Waals surface area contributed by atoms with Crippen molar-refractivity contribution in [3.05, 3.63) is 48.7 Å². The highest BCUT2D eigenvalue weighted by atomic mass is 31.2. The largest absolute Gasteiger partial charge is 0.252 e. The Morgan fingerprint density at radius 3 is 2.06 bits per heavy atom. The van der Waals surface area contributed by atoms with Crippen LogP contribution in [0.25, 0.3) is 11.3 Å². The molecule has 0 bridgehead atoms. The van der Waals surface area contributed by atoms with Gasteiger partial charge >= 0.3 is 0 Å². The molecule has 2 heteroatoms. The number of hydrogen-bond donors (Lipinski definition) is 0. The van der Waals surface area contributed by atoms with Crippen molar-refractivity contribution in [1.82, 2.24) is 4.98 Å². The Hall–Kier alpha value is -1.20. The molecule has 0 fully saturated rings. The molecule has 16 heavy (non-hydrogen) atoms. The van der Waals surface area contributed by atoms with Crippen LogP contribution in [0.4, 0.5) is 0 Å². The van der Waals surface area contributed by atoms with E-state index in [1.54, 1.807) is 0 Å². The third kappa shape index (κ3) is 2.48. The number of pyridine rings is 1. The van der Waals surface area contributed by atoms with Crippen molar-refractivity contribution in [2.24, 2.45) is 0 Å². The van der Waals surface area contributed by atoms with Crippen LogP contribution in [0.3, 0.4) is 0 Å². The van der Waals surface area contributed by atoms with Gasteiger partial charge in [-0.1, -0.05) is 30.3 Å². The molecule has 0 saturated heterocycles. The first-order chi connectivity index (χ1) is 7.57. The normalized spacial score (nSPS) is 11.4. The maximum Gasteiger partial charge on any atom is 0.111 e. The molecule has 0 unspecified atom stereocenters. The molecule has 0 aliphatic heterocycles. The van der Waals surface area contributed by atoms with Crippen molar-refractivity contribution < 1.29 is 0 Å². The van der Waals surface area contributed by atoms with Crippen molar-refractivity contribution >= 4 is 12.6 Å². The molecule has 0 atom stereocenters. The standard InChI is InChI=1S/C14H17NP/c1-16(2,3)13-9-10-14(15-11-13)12-7-5-4-6-8-12/h4-11H,1-3H3/q+1. The highest BCUT2D eigenvalue weighted by molar-refractivity contribution is 7.80. The summed E-state index contributed by atoms with van der Waals surface area (Å²) in [6.45, 7) is 6.94. The molecule has 2 rings (SSSR count). The summed E-state index contributed by atoms with van der Waals surface area (Å²) in [5.41, 5.74) is 2.24. The Morgan fingerprint density at radius 1 is 0.875 bits per heavy atom. The summed E-state index contributed by atoms with van der Waals surface area (Å²) in [4.78, 5) is 4.54. The molecule has 1 aromatic heterocycles. The molecule has 1 nitrogen and oxygen atoms in total. The average molecular weight is 230 g/mol. The molecular formula is C14H17NP+. The van der Waals surface area contributed by atoms with Gasteiger partial charge in [0.1, 0.15) is 5.30 Å². The molecule has 2 aromatic rings. The zero-order valence-corrected chi connectivity index (χ0v) is 10.9. The van der Waals surface area contributed by atoms with E-state index in [1.807, 2.05) is 24.4 Å². The minimum atomic E-state index is -0.942. The lowest BCUT2D eigenvalue weighted by Crippen LogP contribution is -2.08. The number of benzene rings is 1. The van der Waals surface area contributed by atoms with Gasteiger partial charge in [-0.3, -0.25) is 4.98 Å². The zero-order valence-electron chi connectivity index (χ0n) is 10.0. The van der Waals surface area contributed by atoms with E-state index in [4.69, 9.17) is 0 Å². The van der Waals surface area contributed by atoms with Gasteiger partial charge in [0.05, 0.1) is 31.9 Å². The summed E-state index contributed by atoms with van der Waals surface area (Å²) in [6, 6.07) is 14.6. The summed E-state index contributed by atoms with van der Waals surface area (Å²) in [5.74, 6) is 0. The van der Waals surface area contributed by atoms with Crippen LogP contribution in [0, 0.1) is 0 Å². The highest BCUT2D eigenvalue weighted by Gasteiger charge is 2.21. The Morgan fingerprint density at radius 2 is 1.56 bits per heavy atom. The molecule has 0 spiro atoms. The summed E-state index contributed by atoms with van der Waals surface area (Å²) in [5, 5.41) is 1.38. The maximum atomic E-state index is 4.54. The first-order valence-electron chi connectivity index (χ1n) is 5.41. The Kier molecular flexibility index (Phi) is 3.07. The van der Waals surface area contributed by atoms with Gasteiger partial charge in [0.2, 0.25) is 0 Å². The van der Waals surface area contributed by atoms with Crippen molar-refractivity contribution in [2.75, 3.05) is 20.0 Å². The van der Waals surface area contributed by atoms with Gasteiger partial charge in [0.25, 0.3) is 0 Å². The third-order valence-electron chi connectivity index (χ3n) is 2.59. The minimum absolute atomic E-state index is 0.942. The first-order valence-corrected chi connectivity index (χ1v) is 8.54. The topological polar surface area (TPSA) is 12.9 Å². The summed E-state index contributed by atoms with van der Waals surface area (Å²) in [7, 11) is -0.942. The molecule has 0 amide bonds. The van der Waals surface area contributed by atoms with Crippen LogP contribution in [0.2, 0.25) is 0 Å². The van der Waals surface area contributed by atoms with Gasteiger partial charge in [-0.05, 0) is 12.1 Å². The van der Waals surface area contributed by atoms with E-state index in [9.17, 15) is 0 Å². The summed E-state index contributed by atoms with van der Waals surface area (Å²) < 4.78 is 0. The second-order valence-corrected chi connectivity index (χ2v) is 9.32. The van der Waals surface area contributed by atoms with E-state index < -0.39 is 7.26 Å². The Labute approximate surface area is 97.9 Å². The zero-order chi connectivity index (χ0) is 11.6. The second-order valence-electron chi connectivity index (χ2n) is 4.78. The van der Waals surface area contributed by atoms with Crippen LogP contribution in [0.15, 0.2) is 48.7 Å². The number of rotatable bonds is 2. The quantitative estimate of drug-likeness (QED) is 0.721. The molecular weight excluding hydrogens is 213 g/mol. The monoisotopic (exact) mass is 230 g/mol.